The summed E-state index contributed by atoms with van der Waals surface area (Å²) in [7, 11) is 1.17. The number of methoxy groups -OCH3 is 1. The zero-order chi connectivity index (χ0) is 49.3. The number of carbonyl (C=O) groups is 6. The Balaban J connectivity index is 1.41. The van der Waals surface area contributed by atoms with Crippen molar-refractivity contribution in [3.05, 3.63) is 131 Å². The summed E-state index contributed by atoms with van der Waals surface area (Å²) < 4.78 is 11.0. The zero-order valence-electron chi connectivity index (χ0n) is 41.2. The molecular weight excluding hydrogens is 847 g/mol. The molecule has 5 atom stereocenters. The van der Waals surface area contributed by atoms with Crippen LogP contribution in [0.4, 0.5) is 4.79 Å². The fourth-order valence-electron chi connectivity index (χ4n) is 10.2. The van der Waals surface area contributed by atoms with E-state index in [-0.39, 0.29) is 53.6 Å². The first-order valence-corrected chi connectivity index (χ1v) is 23.4. The Bertz CT molecular complexity index is 2460. The van der Waals surface area contributed by atoms with Crippen molar-refractivity contribution in [2.24, 2.45) is 17.8 Å². The van der Waals surface area contributed by atoms with E-state index in [0.29, 0.717) is 24.0 Å². The molecule has 0 aromatic heterocycles. The minimum absolute atomic E-state index is 0.0478. The van der Waals surface area contributed by atoms with Gasteiger partial charge in [-0.3, -0.25) is 19.2 Å². The average Bonchev–Trinajstić information content (AvgIpc) is 3.97. The normalized spacial score (nSPS) is 25.7. The van der Waals surface area contributed by atoms with E-state index in [4.69, 9.17) is 9.47 Å². The van der Waals surface area contributed by atoms with Gasteiger partial charge >= 0.3 is 12.1 Å². The molecule has 5 N–H and O–H groups in total. The minimum atomic E-state index is -2.11. The number of esters is 1. The van der Waals surface area contributed by atoms with Crippen LogP contribution in [0, 0.1) is 17.8 Å². The molecule has 0 fully saturated rings. The lowest BCUT2D eigenvalue weighted by molar-refractivity contribution is -0.148. The summed E-state index contributed by atoms with van der Waals surface area (Å²) in [4.78, 5) is 90.0. The van der Waals surface area contributed by atoms with Crippen LogP contribution in [0.3, 0.4) is 0 Å². The van der Waals surface area contributed by atoms with Crippen molar-refractivity contribution in [1.82, 2.24) is 26.6 Å². The van der Waals surface area contributed by atoms with Crippen molar-refractivity contribution in [3.8, 4) is 0 Å². The molecule has 13 heteroatoms. The summed E-state index contributed by atoms with van der Waals surface area (Å²) in [6, 6.07) is 18.7. The molecule has 0 radical (unpaired) electrons. The van der Waals surface area contributed by atoms with Gasteiger partial charge in [0.1, 0.15) is 27.8 Å². The summed E-state index contributed by atoms with van der Waals surface area (Å²) in [6.45, 7) is 20.5. The van der Waals surface area contributed by atoms with Crippen LogP contribution in [-0.2, 0) is 46.3 Å². The molecule has 0 spiro atoms. The molecule has 2 aromatic carbocycles. The molecule has 0 saturated carbocycles. The number of nitrogens with one attached hydrogen (secondary N) is 5. The molecule has 0 bridgehead atoms. The van der Waals surface area contributed by atoms with Gasteiger partial charge in [0.2, 0.25) is 0 Å². The number of ketones is 4. The molecule has 4 heterocycles. The Morgan fingerprint density at radius 3 is 1.69 bits per heavy atom. The zero-order valence-corrected chi connectivity index (χ0v) is 41.2. The number of hydrogen-bond acceptors (Lipinski definition) is 12. The van der Waals surface area contributed by atoms with E-state index >= 15 is 19.2 Å². The van der Waals surface area contributed by atoms with Crippen LogP contribution in [0.5, 0.6) is 0 Å². The van der Waals surface area contributed by atoms with Gasteiger partial charge in [-0.1, -0.05) is 114 Å². The number of benzene rings is 2. The average molecular weight is 916 g/mol. The van der Waals surface area contributed by atoms with E-state index in [9.17, 15) is 9.59 Å². The van der Waals surface area contributed by atoms with Gasteiger partial charge in [0, 0.05) is 54.4 Å². The summed E-state index contributed by atoms with van der Waals surface area (Å²) in [5, 5.41) is 16.2. The molecule has 67 heavy (non-hydrogen) atoms. The van der Waals surface area contributed by atoms with Gasteiger partial charge in [-0.25, -0.2) is 9.59 Å². The van der Waals surface area contributed by atoms with Gasteiger partial charge in [-0.05, 0) is 82.8 Å². The molecule has 2 aromatic rings. The number of amides is 1. The maximum absolute atomic E-state index is 15.7. The third kappa shape index (κ3) is 9.13. The number of hydrogen-bond donors (Lipinski definition) is 5. The van der Waals surface area contributed by atoms with E-state index in [1.165, 1.54) is 19.5 Å². The first-order valence-electron chi connectivity index (χ1n) is 23.4. The molecule has 0 aliphatic carbocycles. The van der Waals surface area contributed by atoms with E-state index in [1.807, 2.05) is 84.0 Å². The number of allylic oxidation sites excluding steroid dienone is 1. The molecule has 0 unspecified atom stereocenters. The van der Waals surface area contributed by atoms with Crippen molar-refractivity contribution < 1.29 is 38.2 Å². The van der Waals surface area contributed by atoms with Gasteiger partial charge in [0.05, 0.1) is 12.7 Å². The second-order valence-electron chi connectivity index (χ2n) is 21.0. The fourth-order valence-corrected chi connectivity index (χ4v) is 10.2. The molecule has 358 valence electrons. The van der Waals surface area contributed by atoms with Crippen LogP contribution < -0.4 is 26.6 Å². The van der Waals surface area contributed by atoms with Crippen molar-refractivity contribution >= 4 is 35.2 Å². The van der Waals surface area contributed by atoms with E-state index in [2.05, 4.69) is 26.6 Å². The maximum Gasteiger partial charge on any atom is 0.408 e. The van der Waals surface area contributed by atoms with Crippen molar-refractivity contribution in [2.45, 2.75) is 142 Å². The predicted molar refractivity (Wildman–Crippen MR) is 258 cm³/mol. The first kappa shape index (κ1) is 50.2. The second kappa shape index (κ2) is 18.8. The highest BCUT2D eigenvalue weighted by Crippen LogP contribution is 2.48. The Kier molecular flexibility index (Phi) is 14.1. The quantitative estimate of drug-likeness (QED) is 0.0798. The molecule has 6 rings (SSSR count). The molecule has 0 saturated heterocycles. The molecular formula is C54H69N5O8. The minimum Gasteiger partial charge on any atom is -0.467 e. The standard InChI is InChI=1S/C54H69N5O8/c1-33(2)23-24-50(27-37-19-15-13-16-20-37)43(60)39(29-55-50)51(25-34(3)4)44(61)40(30-56-51)52(26-35(5)6)45(62)42(32-57-52)54(36(7)8)46(63)41(31-58-54)53(47(64)66-12,28-38-21-17-14-18-22-38)59-48(65)67-49(9,10)11/h13-23,29-32,34-36,55-58H,24-28H2,1-12H3,(H,59,65)/t50-,51-,52+,53-,54-/m1/s1. The van der Waals surface area contributed by atoms with E-state index < -0.39 is 68.6 Å². The summed E-state index contributed by atoms with van der Waals surface area (Å²) in [6.07, 6.45) is 8.25. The van der Waals surface area contributed by atoms with Crippen LogP contribution in [0.25, 0.3) is 0 Å². The third-order valence-electron chi connectivity index (χ3n) is 13.3. The highest BCUT2D eigenvalue weighted by Gasteiger charge is 2.65. The lowest BCUT2D eigenvalue weighted by Gasteiger charge is -2.39. The SMILES string of the molecule is COC(=O)[C@](Cc1ccccc1)(NC(=O)OC(C)(C)C)C1=CN[C@@](C2=CN[C@@](CC(C)C)(C3=CN[C@](CC(C)C)(C4=CN[C@](CC=C(C)C)(Cc5ccccc5)C4=O)C3=O)C2=O)(C(C)C)C1=O. The summed E-state index contributed by atoms with van der Waals surface area (Å²) in [5.74, 6) is -3.49. The molecule has 4 aliphatic heterocycles. The van der Waals surface area contributed by atoms with Crippen LogP contribution in [0.2, 0.25) is 0 Å². The monoisotopic (exact) mass is 916 g/mol. The van der Waals surface area contributed by atoms with Gasteiger partial charge in [-0.2, -0.15) is 0 Å². The largest absolute Gasteiger partial charge is 0.467 e. The Labute approximate surface area is 395 Å². The summed E-state index contributed by atoms with van der Waals surface area (Å²) in [5.41, 5.74) is -6.08. The van der Waals surface area contributed by atoms with Crippen LogP contribution in [0.1, 0.15) is 107 Å². The van der Waals surface area contributed by atoms with E-state index in [0.717, 1.165) is 11.1 Å². The number of alkyl carbamates (subject to hydrolysis) is 1. The number of Topliss-reactive ketones (excluding diaryl/α,β-unsaturated/α-hetero) is 4. The van der Waals surface area contributed by atoms with Crippen molar-refractivity contribution in [1.29, 1.82) is 0 Å². The summed E-state index contributed by atoms with van der Waals surface area (Å²) >= 11 is 0. The van der Waals surface area contributed by atoms with Gasteiger partial charge in [-0.15, -0.1) is 0 Å². The van der Waals surface area contributed by atoms with Crippen LogP contribution >= 0.6 is 0 Å². The molecule has 1 amide bonds. The van der Waals surface area contributed by atoms with Crippen LogP contribution in [0.15, 0.2) is 119 Å². The van der Waals surface area contributed by atoms with Crippen LogP contribution in [-0.4, -0.2) is 75.6 Å². The van der Waals surface area contributed by atoms with Crippen molar-refractivity contribution in [3.63, 3.8) is 0 Å². The third-order valence-corrected chi connectivity index (χ3v) is 13.3. The smallest absolute Gasteiger partial charge is 0.408 e. The topological polar surface area (TPSA) is 181 Å². The fraction of sp³-hybridized carbons (Fsp3) is 0.481. The predicted octanol–water partition coefficient (Wildman–Crippen LogP) is 7.19. The lowest BCUT2D eigenvalue weighted by Crippen LogP contribution is -2.62. The highest BCUT2D eigenvalue weighted by atomic mass is 16.6. The first-order chi connectivity index (χ1) is 31.4. The van der Waals surface area contributed by atoms with Gasteiger partial charge in [0.25, 0.3) is 0 Å². The Hall–Kier alpha value is -6.24. The number of ether oxygens (including phenoxy) is 2. The lowest BCUT2D eigenvalue weighted by atomic mass is 9.66. The van der Waals surface area contributed by atoms with E-state index in [1.54, 1.807) is 71.3 Å². The van der Waals surface area contributed by atoms with Gasteiger partial charge in [0.15, 0.2) is 28.7 Å². The van der Waals surface area contributed by atoms with Crippen molar-refractivity contribution in [2.75, 3.05) is 7.11 Å². The maximum atomic E-state index is 15.7. The van der Waals surface area contributed by atoms with Gasteiger partial charge < -0.3 is 36.1 Å². The molecule has 13 nitrogen and oxygen atoms in total. The number of carbonyl (C=O) groups excluding carboxylic acids is 6. The number of rotatable bonds is 17. The Morgan fingerprint density at radius 1 is 0.672 bits per heavy atom. The highest BCUT2D eigenvalue weighted by molar-refractivity contribution is 6.26. The second-order valence-corrected chi connectivity index (χ2v) is 21.0. The Morgan fingerprint density at radius 2 is 1.18 bits per heavy atom. The molecule has 4 aliphatic rings.